The molecule has 0 saturated carbocycles. The number of likely N-dealkylation sites (N-methyl/N-ethyl adjacent to an activating group) is 1. The van der Waals surface area contributed by atoms with Crippen LogP contribution < -0.4 is 10.6 Å². The SMILES string of the molecule is [C-]#[N+][C@@H]1C[C@@]2(CN1C(=O)[C@H](CC(C)(C)C)N(C)C(=O)[C@H](Cc1ccc(F)cc1)N1CCCNC1=O)C(=O)Nc1ccccc12. The van der Waals surface area contributed by atoms with Crippen LogP contribution in [0.5, 0.6) is 0 Å². The third-order valence-electron chi connectivity index (χ3n) is 8.91. The number of amides is 5. The second-order valence-corrected chi connectivity index (χ2v) is 13.2. The Hall–Kier alpha value is -4.46. The van der Waals surface area contributed by atoms with Gasteiger partial charge in [-0.05, 0) is 47.6 Å². The molecule has 44 heavy (non-hydrogen) atoms. The van der Waals surface area contributed by atoms with Crippen molar-refractivity contribution in [3.63, 3.8) is 0 Å². The van der Waals surface area contributed by atoms with Crippen molar-refractivity contribution in [3.8, 4) is 0 Å². The van der Waals surface area contributed by atoms with Crippen molar-refractivity contribution in [1.82, 2.24) is 20.0 Å². The van der Waals surface area contributed by atoms with Crippen molar-refractivity contribution in [2.24, 2.45) is 5.41 Å². The van der Waals surface area contributed by atoms with Gasteiger partial charge in [-0.15, -0.1) is 0 Å². The lowest BCUT2D eigenvalue weighted by molar-refractivity contribution is -0.148. The van der Waals surface area contributed by atoms with E-state index in [2.05, 4.69) is 15.5 Å². The Morgan fingerprint density at radius 2 is 1.86 bits per heavy atom. The summed E-state index contributed by atoms with van der Waals surface area (Å²) in [7, 11) is 1.56. The van der Waals surface area contributed by atoms with E-state index in [1.165, 1.54) is 26.8 Å². The van der Waals surface area contributed by atoms with E-state index in [1.807, 2.05) is 45.0 Å². The van der Waals surface area contributed by atoms with E-state index < -0.39 is 41.3 Å². The molecule has 0 bridgehead atoms. The standard InChI is InChI=1S/C33H39FN6O4/c1-32(2,3)18-26(29(42)40-20-33(19-27(40)35-4)23-9-6-7-10-24(23)37-30(33)43)38(5)28(41)25(39-16-8-15-36-31(39)44)17-21-11-13-22(34)14-12-21/h6-7,9-14,25-27H,8,15-20H2,1-3,5H3,(H,36,44)(H,37,43)/t25-,26-,27-,33-/m0/s1. The van der Waals surface area contributed by atoms with Crippen molar-refractivity contribution < 1.29 is 23.6 Å². The number of para-hydroxylation sites is 1. The van der Waals surface area contributed by atoms with E-state index in [-0.39, 0.29) is 36.7 Å². The Morgan fingerprint density at radius 1 is 1.16 bits per heavy atom. The van der Waals surface area contributed by atoms with Crippen LogP contribution in [0.3, 0.4) is 0 Å². The Bertz CT molecular complexity index is 1500. The third kappa shape index (κ3) is 5.85. The number of anilines is 1. The number of rotatable bonds is 7. The molecule has 0 radical (unpaired) electrons. The maximum atomic E-state index is 14.5. The largest absolute Gasteiger partial charge is 0.338 e. The highest BCUT2D eigenvalue weighted by molar-refractivity contribution is 6.07. The Balaban J connectivity index is 1.47. The average molecular weight is 603 g/mol. The van der Waals surface area contributed by atoms with E-state index in [1.54, 1.807) is 19.2 Å². The van der Waals surface area contributed by atoms with Gasteiger partial charge >= 0.3 is 12.2 Å². The van der Waals surface area contributed by atoms with Crippen molar-refractivity contribution in [3.05, 3.63) is 76.9 Å². The molecule has 2 aromatic carbocycles. The van der Waals surface area contributed by atoms with Crippen molar-refractivity contribution in [2.75, 3.05) is 32.0 Å². The van der Waals surface area contributed by atoms with Crippen LogP contribution in [0.25, 0.3) is 4.85 Å². The van der Waals surface area contributed by atoms with Gasteiger partial charge in [-0.25, -0.2) is 15.8 Å². The van der Waals surface area contributed by atoms with Crippen LogP contribution >= 0.6 is 0 Å². The summed E-state index contributed by atoms with van der Waals surface area (Å²) in [5.41, 5.74) is 0.689. The quantitative estimate of drug-likeness (QED) is 0.471. The van der Waals surface area contributed by atoms with Crippen LogP contribution in [0, 0.1) is 17.8 Å². The second kappa shape index (κ2) is 11.9. The number of halogens is 1. The van der Waals surface area contributed by atoms with Gasteiger partial charge in [0.25, 0.3) is 5.91 Å². The first-order valence-electron chi connectivity index (χ1n) is 15.0. The number of urea groups is 1. The number of carbonyl (C=O) groups excluding carboxylic acids is 4. The first-order chi connectivity index (χ1) is 20.8. The molecule has 0 unspecified atom stereocenters. The highest BCUT2D eigenvalue weighted by atomic mass is 19.1. The van der Waals surface area contributed by atoms with Gasteiger partial charge in [0.2, 0.25) is 11.8 Å². The van der Waals surface area contributed by atoms with Crippen LogP contribution in [-0.4, -0.2) is 83.4 Å². The van der Waals surface area contributed by atoms with E-state index in [9.17, 15) is 23.6 Å². The van der Waals surface area contributed by atoms with Crippen LogP contribution in [0.4, 0.5) is 14.9 Å². The molecule has 5 rings (SSSR count). The van der Waals surface area contributed by atoms with Gasteiger partial charge in [0.1, 0.15) is 23.3 Å². The lowest BCUT2D eigenvalue weighted by atomic mass is 9.80. The first kappa shape index (κ1) is 31.0. The molecule has 2 saturated heterocycles. The number of nitrogens with zero attached hydrogens (tertiary/aromatic N) is 4. The molecule has 0 aromatic heterocycles. The summed E-state index contributed by atoms with van der Waals surface area (Å²) in [4.78, 5) is 63.2. The number of hydrogen-bond acceptors (Lipinski definition) is 4. The van der Waals surface area contributed by atoms with Crippen LogP contribution in [-0.2, 0) is 26.2 Å². The molecule has 10 nitrogen and oxygen atoms in total. The minimum absolute atomic E-state index is 0.0257. The zero-order chi connectivity index (χ0) is 31.8. The smallest absolute Gasteiger partial charge is 0.318 e. The van der Waals surface area contributed by atoms with Gasteiger partial charge in [-0.1, -0.05) is 51.1 Å². The molecule has 1 spiro atoms. The molecule has 3 aliphatic heterocycles. The van der Waals surface area contributed by atoms with Gasteiger partial charge in [-0.3, -0.25) is 24.1 Å². The van der Waals surface area contributed by atoms with Gasteiger partial charge in [0, 0.05) is 38.8 Å². The summed E-state index contributed by atoms with van der Waals surface area (Å²) < 4.78 is 13.7. The zero-order valence-corrected chi connectivity index (χ0v) is 25.6. The number of benzene rings is 2. The molecular weight excluding hydrogens is 563 g/mol. The highest BCUT2D eigenvalue weighted by Crippen LogP contribution is 2.47. The maximum Gasteiger partial charge on any atom is 0.318 e. The Kier molecular flexibility index (Phi) is 8.38. The second-order valence-electron chi connectivity index (χ2n) is 13.2. The van der Waals surface area contributed by atoms with Gasteiger partial charge < -0.3 is 20.4 Å². The predicted octanol–water partition coefficient (Wildman–Crippen LogP) is 3.78. The maximum absolute atomic E-state index is 14.5. The van der Waals surface area contributed by atoms with E-state index >= 15 is 0 Å². The molecule has 2 aromatic rings. The number of nitrogens with one attached hydrogen (secondary N) is 2. The molecule has 2 N–H and O–H groups in total. The Labute approximate surface area is 257 Å². The lowest BCUT2D eigenvalue weighted by Crippen LogP contribution is -2.60. The molecule has 4 atom stereocenters. The van der Waals surface area contributed by atoms with Gasteiger partial charge in [0.05, 0.1) is 6.42 Å². The molecule has 2 fully saturated rings. The highest BCUT2D eigenvalue weighted by Gasteiger charge is 2.59. The van der Waals surface area contributed by atoms with E-state index in [0.717, 1.165) is 5.56 Å². The summed E-state index contributed by atoms with van der Waals surface area (Å²) in [6.45, 7) is 14.7. The number of carbonyl (C=O) groups is 4. The zero-order valence-electron chi connectivity index (χ0n) is 25.6. The van der Waals surface area contributed by atoms with Crippen LogP contribution in [0.15, 0.2) is 48.5 Å². The van der Waals surface area contributed by atoms with E-state index in [4.69, 9.17) is 6.57 Å². The molecule has 232 valence electrons. The molecule has 5 amide bonds. The molecule has 3 aliphatic rings. The number of hydrogen-bond donors (Lipinski definition) is 2. The minimum Gasteiger partial charge on any atom is -0.338 e. The Morgan fingerprint density at radius 3 is 2.52 bits per heavy atom. The summed E-state index contributed by atoms with van der Waals surface area (Å²) >= 11 is 0. The average Bonchev–Trinajstić information content (AvgIpc) is 3.52. The molecule has 3 heterocycles. The van der Waals surface area contributed by atoms with Crippen LogP contribution in [0.1, 0.15) is 51.2 Å². The summed E-state index contributed by atoms with van der Waals surface area (Å²) in [5, 5.41) is 5.71. The fourth-order valence-corrected chi connectivity index (χ4v) is 6.63. The first-order valence-corrected chi connectivity index (χ1v) is 15.0. The van der Waals surface area contributed by atoms with Crippen molar-refractivity contribution in [2.45, 2.75) is 70.1 Å². The fourth-order valence-electron chi connectivity index (χ4n) is 6.63. The molecule has 0 aliphatic carbocycles. The number of likely N-dealkylation sites (tertiary alicyclic amines) is 1. The molecule has 11 heteroatoms. The topological polar surface area (TPSA) is 106 Å². The minimum atomic E-state index is -1.05. The third-order valence-corrected chi connectivity index (χ3v) is 8.91. The summed E-state index contributed by atoms with van der Waals surface area (Å²) in [5.74, 6) is -1.48. The fraction of sp³-hybridized carbons (Fsp3) is 0.485. The summed E-state index contributed by atoms with van der Waals surface area (Å²) in [6, 6.07) is 10.9. The predicted molar refractivity (Wildman–Crippen MR) is 163 cm³/mol. The summed E-state index contributed by atoms with van der Waals surface area (Å²) in [6.07, 6.45) is 0.362. The van der Waals surface area contributed by atoms with Crippen molar-refractivity contribution in [1.29, 1.82) is 0 Å². The van der Waals surface area contributed by atoms with Crippen molar-refractivity contribution >= 4 is 29.4 Å². The normalized spacial score (nSPS) is 22.6. The van der Waals surface area contributed by atoms with E-state index in [0.29, 0.717) is 37.2 Å². The number of fused-ring (bicyclic) bond motifs is 2. The monoisotopic (exact) mass is 602 g/mol. The van der Waals surface area contributed by atoms with Crippen LogP contribution in [0.2, 0.25) is 0 Å². The van der Waals surface area contributed by atoms with Gasteiger partial charge in [-0.2, -0.15) is 0 Å². The lowest BCUT2D eigenvalue weighted by Gasteiger charge is -2.40. The molecular formula is C33H39FN6O4. The van der Waals surface area contributed by atoms with Gasteiger partial charge in [0.15, 0.2) is 0 Å².